The fraction of sp³-hybridized carbons (Fsp3) is 1.00. The van der Waals surface area contributed by atoms with Gasteiger partial charge in [-0.1, -0.05) is 0 Å². The molecule has 0 aliphatic heterocycles. The number of aliphatic hydroxyl groups excluding tert-OH is 5. The van der Waals surface area contributed by atoms with E-state index in [0.717, 1.165) is 32.4 Å². The largest absolute Gasteiger partial charge is 0.379 e. The summed E-state index contributed by atoms with van der Waals surface area (Å²) in [7, 11) is 0. The maximum absolute atomic E-state index is 10.1. The van der Waals surface area contributed by atoms with E-state index >= 15 is 0 Å². The first-order valence-corrected chi connectivity index (χ1v) is 11.1. The number of hydrogen-bond acceptors (Lipinski definition) is 10. The Bertz CT molecular complexity index is 400. The molecule has 182 valence electrons. The van der Waals surface area contributed by atoms with E-state index < -0.39 is 31.1 Å². The van der Waals surface area contributed by atoms with Crippen molar-refractivity contribution in [2.45, 2.75) is 85.0 Å². The molecule has 0 aromatic heterocycles. The van der Waals surface area contributed by atoms with Gasteiger partial charge in [-0.2, -0.15) is 0 Å². The molecule has 10 nitrogen and oxygen atoms in total. The second kappa shape index (κ2) is 17.2. The van der Waals surface area contributed by atoms with Crippen molar-refractivity contribution in [3.8, 4) is 0 Å². The van der Waals surface area contributed by atoms with Gasteiger partial charge in [0, 0.05) is 32.7 Å². The first-order chi connectivity index (χ1) is 14.0. The van der Waals surface area contributed by atoms with Gasteiger partial charge in [-0.05, 0) is 60.4 Å². The van der Waals surface area contributed by atoms with Crippen LogP contribution in [0.2, 0.25) is 0 Å². The molecule has 5 unspecified atom stereocenters. The standard InChI is InChI=1S/C20H47N5O5/c1-16(26)21-9-6-7-10-23(18(3)28)11-8-12-24(19(4)29)13-14-25(20(5)30)15-22-17(2)27/h16-22,26-30H,6-15H2,1-5H3. The van der Waals surface area contributed by atoms with Crippen LogP contribution in [0, 0.1) is 0 Å². The highest BCUT2D eigenvalue weighted by Gasteiger charge is 2.17. The molecular formula is C20H47N5O5. The van der Waals surface area contributed by atoms with Crippen LogP contribution in [0.15, 0.2) is 0 Å². The predicted octanol–water partition coefficient (Wildman–Crippen LogP) is -1.11. The highest BCUT2D eigenvalue weighted by molar-refractivity contribution is 4.67. The van der Waals surface area contributed by atoms with Crippen molar-refractivity contribution in [2.75, 3.05) is 45.9 Å². The van der Waals surface area contributed by atoms with Crippen LogP contribution in [-0.2, 0) is 0 Å². The number of nitrogens with one attached hydrogen (secondary N) is 2. The van der Waals surface area contributed by atoms with E-state index in [1.807, 2.05) is 9.80 Å². The Morgan fingerprint density at radius 3 is 1.43 bits per heavy atom. The average molecular weight is 438 g/mol. The fourth-order valence-corrected chi connectivity index (χ4v) is 3.10. The van der Waals surface area contributed by atoms with Gasteiger partial charge >= 0.3 is 0 Å². The molecule has 0 aliphatic rings. The number of nitrogens with zero attached hydrogens (tertiary/aromatic N) is 3. The summed E-state index contributed by atoms with van der Waals surface area (Å²) in [5.74, 6) is 0. The quantitative estimate of drug-likeness (QED) is 0.0985. The molecule has 0 aromatic rings. The van der Waals surface area contributed by atoms with Gasteiger partial charge in [0.1, 0.15) is 31.1 Å². The number of aliphatic hydroxyl groups is 5. The van der Waals surface area contributed by atoms with Crippen LogP contribution in [0.3, 0.4) is 0 Å². The first kappa shape index (κ1) is 29.6. The van der Waals surface area contributed by atoms with E-state index in [0.29, 0.717) is 32.8 Å². The molecule has 0 aliphatic carbocycles. The molecule has 0 heterocycles. The van der Waals surface area contributed by atoms with Gasteiger partial charge in [0.25, 0.3) is 0 Å². The molecule has 7 N–H and O–H groups in total. The second-order valence-corrected chi connectivity index (χ2v) is 8.01. The van der Waals surface area contributed by atoms with Crippen molar-refractivity contribution in [1.82, 2.24) is 25.3 Å². The molecular weight excluding hydrogens is 390 g/mol. The molecule has 10 heteroatoms. The summed E-state index contributed by atoms with van der Waals surface area (Å²) in [4.78, 5) is 5.73. The van der Waals surface area contributed by atoms with E-state index in [4.69, 9.17) is 0 Å². The van der Waals surface area contributed by atoms with E-state index in [1.54, 1.807) is 39.5 Å². The van der Waals surface area contributed by atoms with Gasteiger partial charge in [-0.25, -0.2) is 0 Å². The summed E-state index contributed by atoms with van der Waals surface area (Å²) >= 11 is 0. The molecule has 5 atom stereocenters. The van der Waals surface area contributed by atoms with Crippen LogP contribution < -0.4 is 10.6 Å². The van der Waals surface area contributed by atoms with Gasteiger partial charge in [0.05, 0.1) is 6.67 Å². The first-order valence-electron chi connectivity index (χ1n) is 11.1. The minimum Gasteiger partial charge on any atom is -0.379 e. The SMILES string of the molecule is CC(O)NCCCCN(CCCN(CCN(CNC(C)O)C(C)O)C(C)O)C(C)O. The smallest absolute Gasteiger partial charge is 0.105 e. The van der Waals surface area contributed by atoms with Gasteiger partial charge in [0.2, 0.25) is 0 Å². The maximum Gasteiger partial charge on any atom is 0.105 e. The Morgan fingerprint density at radius 1 is 0.533 bits per heavy atom. The average Bonchev–Trinajstić information content (AvgIpc) is 2.63. The Morgan fingerprint density at radius 2 is 0.967 bits per heavy atom. The number of rotatable bonds is 19. The van der Waals surface area contributed by atoms with Gasteiger partial charge in [-0.15, -0.1) is 0 Å². The molecule has 0 spiro atoms. The molecule has 0 aromatic carbocycles. The third kappa shape index (κ3) is 15.4. The number of unbranched alkanes of at least 4 members (excludes halogenated alkanes) is 1. The lowest BCUT2D eigenvalue weighted by atomic mass is 10.2. The van der Waals surface area contributed by atoms with Crippen LogP contribution >= 0.6 is 0 Å². The summed E-state index contributed by atoms with van der Waals surface area (Å²) in [5.41, 5.74) is 0. The zero-order valence-corrected chi connectivity index (χ0v) is 19.5. The molecule has 0 bridgehead atoms. The summed E-state index contributed by atoms with van der Waals surface area (Å²) in [6, 6.07) is 0. The zero-order chi connectivity index (χ0) is 23.1. The molecule has 30 heavy (non-hydrogen) atoms. The molecule has 0 saturated carbocycles. The summed E-state index contributed by atoms with van der Waals surface area (Å²) in [6.45, 7) is 12.8. The lowest BCUT2D eigenvalue weighted by Crippen LogP contribution is -2.48. The van der Waals surface area contributed by atoms with Crippen molar-refractivity contribution in [1.29, 1.82) is 0 Å². The van der Waals surface area contributed by atoms with Crippen molar-refractivity contribution in [3.63, 3.8) is 0 Å². The molecule has 0 amide bonds. The highest BCUT2D eigenvalue weighted by Crippen LogP contribution is 2.05. The summed E-state index contributed by atoms with van der Waals surface area (Å²) in [6.07, 6.45) is -0.341. The van der Waals surface area contributed by atoms with Crippen molar-refractivity contribution < 1.29 is 25.5 Å². The van der Waals surface area contributed by atoms with E-state index in [2.05, 4.69) is 10.6 Å². The Balaban J connectivity index is 4.38. The second-order valence-electron chi connectivity index (χ2n) is 8.01. The lowest BCUT2D eigenvalue weighted by molar-refractivity contribution is -0.0300. The molecule has 0 fully saturated rings. The van der Waals surface area contributed by atoms with Gasteiger partial charge in [0.15, 0.2) is 0 Å². The van der Waals surface area contributed by atoms with Crippen molar-refractivity contribution >= 4 is 0 Å². The van der Waals surface area contributed by atoms with E-state index in [1.165, 1.54) is 0 Å². The normalized spacial score (nSPS) is 17.5. The maximum atomic E-state index is 10.1. The van der Waals surface area contributed by atoms with Crippen LogP contribution in [0.4, 0.5) is 0 Å². The Kier molecular flexibility index (Phi) is 17.0. The van der Waals surface area contributed by atoms with E-state index in [-0.39, 0.29) is 0 Å². The molecule has 0 rings (SSSR count). The Labute approximate surface area is 182 Å². The summed E-state index contributed by atoms with van der Waals surface area (Å²) in [5, 5.41) is 54.4. The van der Waals surface area contributed by atoms with Crippen molar-refractivity contribution in [3.05, 3.63) is 0 Å². The number of hydrogen-bond donors (Lipinski definition) is 7. The molecule has 0 saturated heterocycles. The highest BCUT2D eigenvalue weighted by atomic mass is 16.3. The molecule has 0 radical (unpaired) electrons. The third-order valence-electron chi connectivity index (χ3n) is 5.05. The minimum absolute atomic E-state index is 0.350. The predicted molar refractivity (Wildman–Crippen MR) is 118 cm³/mol. The monoisotopic (exact) mass is 437 g/mol. The zero-order valence-electron chi connectivity index (χ0n) is 19.5. The topological polar surface area (TPSA) is 135 Å². The van der Waals surface area contributed by atoms with Crippen molar-refractivity contribution in [2.24, 2.45) is 0 Å². The van der Waals surface area contributed by atoms with Gasteiger partial charge < -0.3 is 25.5 Å². The van der Waals surface area contributed by atoms with Crippen LogP contribution in [0.25, 0.3) is 0 Å². The lowest BCUT2D eigenvalue weighted by Gasteiger charge is -2.32. The minimum atomic E-state index is -0.666. The van der Waals surface area contributed by atoms with Gasteiger partial charge in [-0.3, -0.25) is 25.3 Å². The van der Waals surface area contributed by atoms with Crippen LogP contribution in [0.5, 0.6) is 0 Å². The third-order valence-corrected chi connectivity index (χ3v) is 5.05. The fourth-order valence-electron chi connectivity index (χ4n) is 3.10. The van der Waals surface area contributed by atoms with Crippen LogP contribution in [-0.4, -0.2) is 117 Å². The summed E-state index contributed by atoms with van der Waals surface area (Å²) < 4.78 is 0. The Hall–Kier alpha value is -0.400. The van der Waals surface area contributed by atoms with E-state index in [9.17, 15) is 25.5 Å². The van der Waals surface area contributed by atoms with Crippen LogP contribution in [0.1, 0.15) is 53.9 Å².